The third-order valence-corrected chi connectivity index (χ3v) is 4.87. The van der Waals surface area contributed by atoms with Gasteiger partial charge >= 0.3 is 16.8 Å². The summed E-state index contributed by atoms with van der Waals surface area (Å²) in [5, 5.41) is 3.42. The summed E-state index contributed by atoms with van der Waals surface area (Å²) in [6.45, 7) is 2.04. The molecule has 26 heavy (non-hydrogen) atoms. The molecule has 0 fully saturated rings. The Labute approximate surface area is 153 Å². The van der Waals surface area contributed by atoms with E-state index in [-0.39, 0.29) is 29.2 Å². The number of rotatable bonds is 5. The van der Waals surface area contributed by atoms with E-state index >= 15 is 0 Å². The second kappa shape index (κ2) is 7.53. The van der Waals surface area contributed by atoms with Gasteiger partial charge in [-0.25, -0.2) is 4.79 Å². The zero-order valence-corrected chi connectivity index (χ0v) is 15.2. The van der Waals surface area contributed by atoms with Crippen LogP contribution in [-0.4, -0.2) is 23.6 Å². The zero-order chi connectivity index (χ0) is 18.7. The molecular formula is C19H17NO5S. The highest BCUT2D eigenvalue weighted by molar-refractivity contribution is 7.07. The summed E-state index contributed by atoms with van der Waals surface area (Å²) >= 11 is 1.09. The molecule has 3 rings (SSSR count). The van der Waals surface area contributed by atoms with Crippen LogP contribution in [0.15, 0.2) is 46.6 Å². The lowest BCUT2D eigenvalue weighted by Gasteiger charge is -2.11. The number of ether oxygens (including phenoxy) is 2. The number of aromatic nitrogens is 1. The highest BCUT2D eigenvalue weighted by Crippen LogP contribution is 2.27. The molecule has 0 amide bonds. The Morgan fingerprint density at radius 3 is 2.46 bits per heavy atom. The number of aryl methyl sites for hydroxylation is 1. The highest BCUT2D eigenvalue weighted by atomic mass is 32.1. The first-order chi connectivity index (χ1) is 12.5. The molecule has 0 aliphatic heterocycles. The molecule has 1 heterocycles. The van der Waals surface area contributed by atoms with Crippen LogP contribution in [-0.2, 0) is 16.1 Å². The second-order valence-corrected chi connectivity index (χ2v) is 6.53. The summed E-state index contributed by atoms with van der Waals surface area (Å²) in [6.07, 6.45) is 0.0188. The van der Waals surface area contributed by atoms with Gasteiger partial charge in [0.15, 0.2) is 0 Å². The monoisotopic (exact) mass is 371 g/mol. The Balaban J connectivity index is 1.83. The number of fused-ring (bicyclic) bond motifs is 1. The fourth-order valence-corrected chi connectivity index (χ4v) is 3.39. The maximum absolute atomic E-state index is 12.2. The molecule has 0 aliphatic rings. The van der Waals surface area contributed by atoms with Crippen LogP contribution in [0, 0.1) is 6.92 Å². The smallest absolute Gasteiger partial charge is 0.341 e. The number of hydrogen-bond donors (Lipinski definition) is 0. The average molecular weight is 371 g/mol. The lowest BCUT2D eigenvalue weighted by atomic mass is 10.1. The van der Waals surface area contributed by atoms with E-state index in [1.807, 2.05) is 31.2 Å². The molecule has 7 heteroatoms. The van der Waals surface area contributed by atoms with E-state index in [1.165, 1.54) is 11.7 Å². The van der Waals surface area contributed by atoms with Crippen molar-refractivity contribution in [2.45, 2.75) is 19.9 Å². The maximum atomic E-state index is 12.2. The van der Waals surface area contributed by atoms with Crippen molar-refractivity contribution >= 4 is 34.0 Å². The van der Waals surface area contributed by atoms with Gasteiger partial charge in [-0.15, -0.1) is 0 Å². The van der Waals surface area contributed by atoms with Crippen LogP contribution in [0.5, 0.6) is 5.75 Å². The third kappa shape index (κ3) is 3.67. The normalized spacial score (nSPS) is 10.7. The van der Waals surface area contributed by atoms with Crippen LogP contribution in [0.3, 0.4) is 0 Å². The largest absolute Gasteiger partial charge is 0.465 e. The van der Waals surface area contributed by atoms with Gasteiger partial charge in [0.2, 0.25) is 0 Å². The van der Waals surface area contributed by atoms with Gasteiger partial charge in [-0.05, 0) is 29.8 Å². The number of carbonyl (C=O) groups excluding carboxylic acids is 2. The van der Waals surface area contributed by atoms with Gasteiger partial charge in [-0.2, -0.15) is 0 Å². The first kappa shape index (κ1) is 17.9. The topological polar surface area (TPSA) is 74.6 Å². The summed E-state index contributed by atoms with van der Waals surface area (Å²) in [4.78, 5) is 35.9. The summed E-state index contributed by atoms with van der Waals surface area (Å²) in [5.74, 6) is -0.957. The Hall–Kier alpha value is -2.93. The van der Waals surface area contributed by atoms with E-state index in [1.54, 1.807) is 17.5 Å². The molecule has 6 nitrogen and oxygen atoms in total. The molecule has 0 spiro atoms. The first-order valence-corrected chi connectivity index (χ1v) is 8.84. The summed E-state index contributed by atoms with van der Waals surface area (Å²) in [7, 11) is 1.27. The summed E-state index contributed by atoms with van der Waals surface area (Å²) in [5.41, 5.74) is 0.984. The van der Waals surface area contributed by atoms with Crippen molar-refractivity contribution in [3.63, 3.8) is 0 Å². The number of esters is 2. The predicted octanol–water partition coefficient (Wildman–Crippen LogP) is 3.15. The molecule has 0 unspecified atom stereocenters. The lowest BCUT2D eigenvalue weighted by Crippen LogP contribution is -2.19. The minimum atomic E-state index is -0.580. The van der Waals surface area contributed by atoms with E-state index in [0.29, 0.717) is 0 Å². The molecule has 0 saturated carbocycles. The Morgan fingerprint density at radius 2 is 1.85 bits per heavy atom. The van der Waals surface area contributed by atoms with Crippen molar-refractivity contribution < 1.29 is 19.1 Å². The van der Waals surface area contributed by atoms with Crippen molar-refractivity contribution in [3.8, 4) is 5.75 Å². The number of thiazole rings is 1. The minimum Gasteiger partial charge on any atom is -0.465 e. The summed E-state index contributed by atoms with van der Waals surface area (Å²) < 4.78 is 11.7. The Morgan fingerprint density at radius 1 is 1.15 bits per heavy atom. The highest BCUT2D eigenvalue weighted by Gasteiger charge is 2.17. The van der Waals surface area contributed by atoms with Gasteiger partial charge in [0.05, 0.1) is 13.5 Å². The molecule has 2 aromatic carbocycles. The Kier molecular flexibility index (Phi) is 5.18. The molecule has 3 aromatic rings. The molecule has 0 aliphatic carbocycles. The van der Waals surface area contributed by atoms with Crippen molar-refractivity contribution in [3.05, 3.63) is 62.7 Å². The van der Waals surface area contributed by atoms with Gasteiger partial charge in [-0.1, -0.05) is 35.6 Å². The van der Waals surface area contributed by atoms with E-state index in [2.05, 4.69) is 0 Å². The second-order valence-electron chi connectivity index (χ2n) is 5.71. The van der Waals surface area contributed by atoms with Crippen molar-refractivity contribution in [1.82, 2.24) is 4.57 Å². The van der Waals surface area contributed by atoms with Crippen LogP contribution >= 0.6 is 11.3 Å². The molecule has 1 aromatic heterocycles. The standard InChI is InChI=1S/C19H17NO5S/c1-12-11-26-19(23)20(12)8-7-17(21)25-16-10-14-6-4-3-5-13(14)9-15(16)18(22)24-2/h3-6,9-11H,7-8H2,1-2H3. The quantitative estimate of drug-likeness (QED) is 0.509. The van der Waals surface area contributed by atoms with Gasteiger partial charge in [0.25, 0.3) is 0 Å². The molecule has 0 radical (unpaired) electrons. The van der Waals surface area contributed by atoms with E-state index in [0.717, 1.165) is 27.8 Å². The molecular weight excluding hydrogens is 354 g/mol. The van der Waals surface area contributed by atoms with E-state index in [4.69, 9.17) is 9.47 Å². The molecule has 0 saturated heterocycles. The number of carbonyl (C=O) groups is 2. The first-order valence-electron chi connectivity index (χ1n) is 7.96. The lowest BCUT2D eigenvalue weighted by molar-refractivity contribution is -0.134. The van der Waals surface area contributed by atoms with Crippen LogP contribution in [0.25, 0.3) is 10.8 Å². The number of nitrogens with zero attached hydrogens (tertiary/aromatic N) is 1. The zero-order valence-electron chi connectivity index (χ0n) is 14.4. The third-order valence-electron chi connectivity index (χ3n) is 3.99. The van der Waals surface area contributed by atoms with E-state index < -0.39 is 11.9 Å². The molecule has 0 atom stereocenters. The predicted molar refractivity (Wildman–Crippen MR) is 98.9 cm³/mol. The van der Waals surface area contributed by atoms with Gasteiger partial charge in [0, 0.05) is 17.6 Å². The van der Waals surface area contributed by atoms with E-state index in [9.17, 15) is 14.4 Å². The van der Waals surface area contributed by atoms with Crippen molar-refractivity contribution in [1.29, 1.82) is 0 Å². The van der Waals surface area contributed by atoms with Gasteiger partial charge < -0.3 is 14.0 Å². The fourth-order valence-electron chi connectivity index (χ4n) is 2.62. The van der Waals surface area contributed by atoms with Crippen LogP contribution in [0.4, 0.5) is 0 Å². The minimum absolute atomic E-state index is 0.0188. The number of methoxy groups -OCH3 is 1. The van der Waals surface area contributed by atoms with Crippen molar-refractivity contribution in [2.75, 3.05) is 7.11 Å². The van der Waals surface area contributed by atoms with Gasteiger partial charge in [0.1, 0.15) is 11.3 Å². The van der Waals surface area contributed by atoms with Gasteiger partial charge in [-0.3, -0.25) is 9.59 Å². The average Bonchev–Trinajstić information content (AvgIpc) is 2.96. The van der Waals surface area contributed by atoms with Crippen molar-refractivity contribution in [2.24, 2.45) is 0 Å². The number of hydrogen-bond acceptors (Lipinski definition) is 6. The fraction of sp³-hybridized carbons (Fsp3) is 0.211. The molecule has 0 N–H and O–H groups in total. The van der Waals surface area contributed by atoms with Crippen LogP contribution in [0.2, 0.25) is 0 Å². The Bertz CT molecular complexity index is 1030. The van der Waals surface area contributed by atoms with Crippen LogP contribution in [0.1, 0.15) is 22.5 Å². The summed E-state index contributed by atoms with van der Waals surface area (Å²) in [6, 6.07) is 10.7. The molecule has 134 valence electrons. The van der Waals surface area contributed by atoms with Crippen LogP contribution < -0.4 is 9.61 Å². The molecule has 0 bridgehead atoms. The maximum Gasteiger partial charge on any atom is 0.341 e. The SMILES string of the molecule is COC(=O)c1cc2ccccc2cc1OC(=O)CCn1c(C)csc1=O. The number of benzene rings is 2.